The maximum Gasteiger partial charge on any atom is 0.148 e. The molecule has 1 aliphatic rings. The monoisotopic (exact) mass is 356 g/mol. The quantitative estimate of drug-likeness (QED) is 0.669. The Bertz CT molecular complexity index is 944. The summed E-state index contributed by atoms with van der Waals surface area (Å²) in [4.78, 5) is 7.99. The van der Waals surface area contributed by atoms with E-state index in [1.54, 1.807) is 16.3 Å². The molecular formula is C18H17ClN4S. The molecule has 4 nitrogen and oxygen atoms in total. The van der Waals surface area contributed by atoms with Gasteiger partial charge in [-0.25, -0.2) is 10.8 Å². The zero-order chi connectivity index (χ0) is 16.8. The fourth-order valence-corrected chi connectivity index (χ4v) is 4.49. The molecule has 0 fully saturated rings. The maximum absolute atomic E-state index is 6.30. The number of allylic oxidation sites excluding steroid dienone is 1. The first-order chi connectivity index (χ1) is 11.6. The Balaban J connectivity index is 1.90. The number of anilines is 1. The van der Waals surface area contributed by atoms with Crippen LogP contribution in [0.15, 0.2) is 54.5 Å². The highest BCUT2D eigenvalue weighted by atomic mass is 35.5. The SMILES string of the molecule is CC1=CN(N)C(c2cc(Cl)sc2C)N1c1nccc2ccccc12. The van der Waals surface area contributed by atoms with Crippen molar-refractivity contribution in [2.75, 3.05) is 4.90 Å². The molecule has 6 heteroatoms. The summed E-state index contributed by atoms with van der Waals surface area (Å²) in [5.41, 5.74) is 2.16. The number of halogens is 1. The topological polar surface area (TPSA) is 45.4 Å². The Kier molecular flexibility index (Phi) is 3.72. The van der Waals surface area contributed by atoms with Gasteiger partial charge in [-0.2, -0.15) is 0 Å². The fraction of sp³-hybridized carbons (Fsp3) is 0.167. The summed E-state index contributed by atoms with van der Waals surface area (Å²) < 4.78 is 0.770. The molecule has 1 unspecified atom stereocenters. The highest BCUT2D eigenvalue weighted by Gasteiger charge is 2.34. The molecule has 1 aromatic carbocycles. The van der Waals surface area contributed by atoms with Crippen molar-refractivity contribution >= 4 is 39.5 Å². The molecule has 0 saturated carbocycles. The van der Waals surface area contributed by atoms with Gasteiger partial charge in [-0.05, 0) is 31.4 Å². The minimum atomic E-state index is -0.146. The highest BCUT2D eigenvalue weighted by molar-refractivity contribution is 7.16. The summed E-state index contributed by atoms with van der Waals surface area (Å²) in [6.45, 7) is 4.12. The Hall–Kier alpha value is -2.08. The molecule has 0 saturated heterocycles. The van der Waals surface area contributed by atoms with Crippen molar-refractivity contribution in [3.63, 3.8) is 0 Å². The van der Waals surface area contributed by atoms with Gasteiger partial charge in [0.2, 0.25) is 0 Å². The largest absolute Gasteiger partial charge is 0.302 e. The van der Waals surface area contributed by atoms with Crippen molar-refractivity contribution in [3.05, 3.63) is 69.3 Å². The Labute approximate surface area is 149 Å². The Morgan fingerprint density at radius 1 is 1.21 bits per heavy atom. The number of pyridine rings is 1. The molecule has 122 valence electrons. The molecule has 0 aliphatic carbocycles. The van der Waals surface area contributed by atoms with E-state index in [9.17, 15) is 0 Å². The summed E-state index contributed by atoms with van der Waals surface area (Å²) in [5.74, 6) is 7.20. The van der Waals surface area contributed by atoms with E-state index in [0.29, 0.717) is 0 Å². The molecule has 4 rings (SSSR count). The molecular weight excluding hydrogens is 340 g/mol. The van der Waals surface area contributed by atoms with E-state index in [2.05, 4.69) is 28.9 Å². The maximum atomic E-state index is 6.30. The molecule has 2 N–H and O–H groups in total. The first-order valence-corrected chi connectivity index (χ1v) is 8.86. The third kappa shape index (κ3) is 2.36. The second-order valence-corrected chi connectivity index (χ2v) is 7.77. The third-order valence-electron chi connectivity index (χ3n) is 4.33. The summed E-state index contributed by atoms with van der Waals surface area (Å²) in [5, 5.41) is 3.99. The number of hydrazine groups is 1. The lowest BCUT2D eigenvalue weighted by Gasteiger charge is -2.31. The minimum absolute atomic E-state index is 0.146. The predicted molar refractivity (Wildman–Crippen MR) is 101 cm³/mol. The number of hydrogen-bond donors (Lipinski definition) is 1. The molecule has 1 atom stereocenters. The van der Waals surface area contributed by atoms with Crippen LogP contribution in [0.5, 0.6) is 0 Å². The van der Waals surface area contributed by atoms with Gasteiger partial charge in [0.15, 0.2) is 0 Å². The van der Waals surface area contributed by atoms with Crippen LogP contribution in [0.1, 0.15) is 23.5 Å². The van der Waals surface area contributed by atoms with Crippen LogP contribution < -0.4 is 10.7 Å². The Morgan fingerprint density at radius 3 is 2.75 bits per heavy atom. The number of rotatable bonds is 2. The van der Waals surface area contributed by atoms with E-state index < -0.39 is 0 Å². The number of nitrogens with two attached hydrogens (primary N) is 1. The van der Waals surface area contributed by atoms with Crippen molar-refractivity contribution in [1.29, 1.82) is 0 Å². The minimum Gasteiger partial charge on any atom is -0.302 e. The van der Waals surface area contributed by atoms with Crippen LogP contribution in [-0.2, 0) is 0 Å². The van der Waals surface area contributed by atoms with Gasteiger partial charge in [-0.15, -0.1) is 11.3 Å². The Morgan fingerprint density at radius 2 is 2.00 bits per heavy atom. The molecule has 0 radical (unpaired) electrons. The normalized spacial score (nSPS) is 17.7. The molecule has 24 heavy (non-hydrogen) atoms. The van der Waals surface area contributed by atoms with E-state index in [1.807, 2.05) is 43.6 Å². The van der Waals surface area contributed by atoms with Crippen LogP contribution >= 0.6 is 22.9 Å². The van der Waals surface area contributed by atoms with E-state index in [1.165, 1.54) is 0 Å². The van der Waals surface area contributed by atoms with Gasteiger partial charge in [-0.1, -0.05) is 35.9 Å². The number of benzene rings is 1. The second-order valence-electron chi connectivity index (χ2n) is 5.88. The fourth-order valence-electron chi connectivity index (χ4n) is 3.27. The second kappa shape index (κ2) is 5.77. The molecule has 0 amide bonds. The zero-order valence-electron chi connectivity index (χ0n) is 13.4. The van der Waals surface area contributed by atoms with E-state index in [4.69, 9.17) is 17.4 Å². The number of aryl methyl sites for hydroxylation is 1. The van der Waals surface area contributed by atoms with E-state index in [0.717, 1.165) is 37.1 Å². The van der Waals surface area contributed by atoms with Gasteiger partial charge >= 0.3 is 0 Å². The molecule has 1 aliphatic heterocycles. The molecule has 0 bridgehead atoms. The van der Waals surface area contributed by atoms with Gasteiger partial charge in [0.1, 0.15) is 12.0 Å². The smallest absolute Gasteiger partial charge is 0.148 e. The van der Waals surface area contributed by atoms with Crippen LogP contribution in [0.4, 0.5) is 5.82 Å². The molecule has 2 aromatic heterocycles. The summed E-state index contributed by atoms with van der Waals surface area (Å²) in [6, 6.07) is 12.3. The van der Waals surface area contributed by atoms with E-state index >= 15 is 0 Å². The van der Waals surface area contributed by atoms with Crippen LogP contribution in [-0.4, -0.2) is 9.99 Å². The van der Waals surface area contributed by atoms with Crippen LogP contribution in [0.25, 0.3) is 10.8 Å². The standard InChI is InChI=1S/C18H17ClN4S/c1-11-10-22(20)18(15-9-16(19)24-12(15)2)23(11)17-14-6-4-3-5-13(14)7-8-21-17/h3-10,18H,20H2,1-2H3. The lowest BCUT2D eigenvalue weighted by Crippen LogP contribution is -2.36. The van der Waals surface area contributed by atoms with Crippen molar-refractivity contribution < 1.29 is 0 Å². The summed E-state index contributed by atoms with van der Waals surface area (Å²) in [6.07, 6.45) is 3.64. The van der Waals surface area contributed by atoms with Crippen molar-refractivity contribution in [2.24, 2.45) is 5.84 Å². The van der Waals surface area contributed by atoms with Gasteiger partial charge in [0.25, 0.3) is 0 Å². The number of fused-ring (bicyclic) bond motifs is 1. The number of nitrogens with zero attached hydrogens (tertiary/aromatic N) is 3. The van der Waals surface area contributed by atoms with E-state index in [-0.39, 0.29) is 6.17 Å². The van der Waals surface area contributed by atoms with Gasteiger partial charge in [0, 0.05) is 33.9 Å². The average Bonchev–Trinajstić information content (AvgIpc) is 3.04. The predicted octanol–water partition coefficient (Wildman–Crippen LogP) is 4.81. The number of hydrogen-bond acceptors (Lipinski definition) is 5. The number of aromatic nitrogens is 1. The lowest BCUT2D eigenvalue weighted by molar-refractivity contribution is 0.315. The third-order valence-corrected chi connectivity index (χ3v) is 5.52. The van der Waals surface area contributed by atoms with Crippen molar-refractivity contribution in [1.82, 2.24) is 9.99 Å². The van der Waals surface area contributed by atoms with Gasteiger partial charge in [-0.3, -0.25) is 5.01 Å². The lowest BCUT2D eigenvalue weighted by atomic mass is 10.1. The van der Waals surface area contributed by atoms with Crippen LogP contribution in [0, 0.1) is 6.92 Å². The van der Waals surface area contributed by atoms with Gasteiger partial charge in [0.05, 0.1) is 4.34 Å². The molecule has 3 heterocycles. The van der Waals surface area contributed by atoms with Crippen LogP contribution in [0.3, 0.4) is 0 Å². The highest BCUT2D eigenvalue weighted by Crippen LogP contribution is 2.42. The zero-order valence-corrected chi connectivity index (χ0v) is 15.0. The first-order valence-electron chi connectivity index (χ1n) is 7.66. The average molecular weight is 357 g/mol. The van der Waals surface area contributed by atoms with Crippen molar-refractivity contribution in [2.45, 2.75) is 20.0 Å². The molecule has 0 spiro atoms. The summed E-state index contributed by atoms with van der Waals surface area (Å²) >= 11 is 7.80. The summed E-state index contributed by atoms with van der Waals surface area (Å²) in [7, 11) is 0. The first kappa shape index (κ1) is 15.4. The number of thiophene rings is 1. The van der Waals surface area contributed by atoms with Crippen molar-refractivity contribution in [3.8, 4) is 0 Å². The molecule has 3 aromatic rings. The van der Waals surface area contributed by atoms with Crippen LogP contribution in [0.2, 0.25) is 4.34 Å². The van der Waals surface area contributed by atoms with Gasteiger partial charge < -0.3 is 4.90 Å².